The number of hydrogen-bond acceptors (Lipinski definition) is 3. The molecule has 0 saturated carbocycles. The van der Waals surface area contributed by atoms with E-state index in [0.717, 1.165) is 0 Å². The zero-order chi connectivity index (χ0) is 10.9. The first kappa shape index (κ1) is 11.8. The fourth-order valence-electron chi connectivity index (χ4n) is 1.43. The molecule has 4 heteroatoms. The van der Waals surface area contributed by atoms with Crippen molar-refractivity contribution >= 4 is 17.6 Å². The second-order valence-corrected chi connectivity index (χ2v) is 5.08. The van der Waals surface area contributed by atoms with E-state index in [9.17, 15) is 4.79 Å². The molecule has 3 nitrogen and oxygen atoms in total. The Bertz CT molecular complexity index is 225. The monoisotopic (exact) mass is 220 g/mol. The molecule has 2 atom stereocenters. The minimum atomic E-state index is -0.618. The molecule has 0 unspecified atom stereocenters. The highest BCUT2D eigenvalue weighted by Gasteiger charge is 2.44. The van der Waals surface area contributed by atoms with Gasteiger partial charge in [0.05, 0.1) is 12.5 Å². The number of carbonyl (C=O) groups is 1. The summed E-state index contributed by atoms with van der Waals surface area (Å²) in [6.45, 7) is 7.67. The quantitative estimate of drug-likeness (QED) is 0.529. The first-order chi connectivity index (χ1) is 6.33. The molecule has 14 heavy (non-hydrogen) atoms. The summed E-state index contributed by atoms with van der Waals surface area (Å²) in [5, 5.41) is -0.289. The van der Waals surface area contributed by atoms with Gasteiger partial charge in [-0.2, -0.15) is 0 Å². The molecule has 82 valence electrons. The topological polar surface area (TPSA) is 35.5 Å². The molecule has 0 spiro atoms. The second kappa shape index (κ2) is 4.07. The highest BCUT2D eigenvalue weighted by molar-refractivity contribution is 6.21. The van der Waals surface area contributed by atoms with Crippen molar-refractivity contribution in [3.8, 4) is 0 Å². The maximum absolute atomic E-state index is 11.3. The van der Waals surface area contributed by atoms with Crippen LogP contribution in [0.4, 0.5) is 0 Å². The van der Waals surface area contributed by atoms with E-state index in [2.05, 4.69) is 0 Å². The summed E-state index contributed by atoms with van der Waals surface area (Å²) in [6.07, 6.45) is -0.269. The van der Waals surface area contributed by atoms with Crippen molar-refractivity contribution in [2.45, 2.75) is 51.9 Å². The lowest BCUT2D eigenvalue weighted by molar-refractivity contribution is -0.207. The van der Waals surface area contributed by atoms with E-state index in [1.807, 2.05) is 27.7 Å². The Kier molecular flexibility index (Phi) is 3.43. The van der Waals surface area contributed by atoms with Gasteiger partial charge in [0.2, 0.25) is 6.29 Å². The Morgan fingerprint density at radius 1 is 1.57 bits per heavy atom. The van der Waals surface area contributed by atoms with Crippen LogP contribution in [0, 0.1) is 5.41 Å². The molecule has 0 amide bonds. The summed E-state index contributed by atoms with van der Waals surface area (Å²) in [6, 6.07) is 0. The molecule has 0 bridgehead atoms. The van der Waals surface area contributed by atoms with Crippen LogP contribution in [-0.4, -0.2) is 23.7 Å². The van der Waals surface area contributed by atoms with Crippen LogP contribution in [0.2, 0.25) is 0 Å². The van der Waals surface area contributed by atoms with Gasteiger partial charge in [-0.25, -0.2) is 0 Å². The molecule has 1 aliphatic heterocycles. The third-order valence-corrected chi connectivity index (χ3v) is 3.04. The average molecular weight is 221 g/mol. The molecular formula is C10H17ClO3. The van der Waals surface area contributed by atoms with Crippen molar-refractivity contribution in [1.82, 2.24) is 0 Å². The molecule has 0 aromatic heterocycles. The summed E-state index contributed by atoms with van der Waals surface area (Å²) in [5.41, 5.74) is -0.267. The zero-order valence-corrected chi connectivity index (χ0v) is 9.80. The number of cyclic esters (lactones) is 1. The van der Waals surface area contributed by atoms with Gasteiger partial charge in [-0.15, -0.1) is 11.6 Å². The molecule has 1 rings (SSSR count). The van der Waals surface area contributed by atoms with Gasteiger partial charge in [-0.05, 0) is 19.3 Å². The Labute approximate surface area is 89.7 Å². The van der Waals surface area contributed by atoms with Crippen molar-refractivity contribution < 1.29 is 14.3 Å². The first-order valence-corrected chi connectivity index (χ1v) is 5.25. The molecule has 1 aliphatic rings. The van der Waals surface area contributed by atoms with E-state index in [0.29, 0.717) is 6.42 Å². The van der Waals surface area contributed by atoms with E-state index in [1.165, 1.54) is 0 Å². The van der Waals surface area contributed by atoms with Crippen LogP contribution in [-0.2, 0) is 14.3 Å². The first-order valence-electron chi connectivity index (χ1n) is 4.82. The van der Waals surface area contributed by atoms with Gasteiger partial charge in [0.1, 0.15) is 5.38 Å². The highest BCUT2D eigenvalue weighted by Crippen LogP contribution is 2.37. The number of hydrogen-bond donors (Lipinski definition) is 0. The van der Waals surface area contributed by atoms with Crippen LogP contribution < -0.4 is 0 Å². The highest BCUT2D eigenvalue weighted by atomic mass is 35.5. The Morgan fingerprint density at radius 2 is 2.14 bits per heavy atom. The van der Waals surface area contributed by atoms with Crippen molar-refractivity contribution in [2.24, 2.45) is 5.41 Å². The number of carbonyl (C=O) groups excluding carboxylic acids is 1. The molecule has 0 N–H and O–H groups in total. The van der Waals surface area contributed by atoms with Crippen LogP contribution in [0.5, 0.6) is 0 Å². The van der Waals surface area contributed by atoms with E-state index in [1.54, 1.807) is 0 Å². The Balaban J connectivity index is 2.70. The summed E-state index contributed by atoms with van der Waals surface area (Å²) in [7, 11) is 0. The molecule has 0 radical (unpaired) electrons. The second-order valence-electron chi connectivity index (χ2n) is 4.61. The van der Waals surface area contributed by atoms with Gasteiger partial charge in [0, 0.05) is 0 Å². The summed E-state index contributed by atoms with van der Waals surface area (Å²) in [5.74, 6) is -0.238. The van der Waals surface area contributed by atoms with Crippen molar-refractivity contribution in [2.75, 3.05) is 0 Å². The van der Waals surface area contributed by atoms with E-state index < -0.39 is 6.29 Å². The smallest absolute Gasteiger partial charge is 0.308 e. The third-order valence-electron chi connectivity index (χ3n) is 2.24. The minimum absolute atomic E-state index is 0.00273. The van der Waals surface area contributed by atoms with Gasteiger partial charge < -0.3 is 9.47 Å². The maximum atomic E-state index is 11.3. The van der Waals surface area contributed by atoms with Gasteiger partial charge in [0.15, 0.2) is 0 Å². The fraction of sp³-hybridized carbons (Fsp3) is 0.900. The summed E-state index contributed by atoms with van der Waals surface area (Å²) < 4.78 is 10.5. The molecule has 1 fully saturated rings. The number of alkyl halides is 1. The predicted molar refractivity (Wildman–Crippen MR) is 54.1 cm³/mol. The van der Waals surface area contributed by atoms with E-state index in [4.69, 9.17) is 21.1 Å². The zero-order valence-electron chi connectivity index (χ0n) is 9.04. The van der Waals surface area contributed by atoms with E-state index >= 15 is 0 Å². The molecule has 0 aliphatic carbocycles. The molecule has 0 aromatic rings. The SMILES string of the molecule is CC(C)O[C@@H]1OC(=O)CC(C)(C)[C@H]1Cl. The standard InChI is InChI=1S/C10H17ClO3/c1-6(2)13-9-8(11)10(3,4)5-7(12)14-9/h6,8-9H,5H2,1-4H3/t8-,9+/m0/s1. The van der Waals surface area contributed by atoms with E-state index in [-0.39, 0.29) is 22.9 Å². The number of halogens is 1. The van der Waals surface area contributed by atoms with Crippen LogP contribution in [0.3, 0.4) is 0 Å². The van der Waals surface area contributed by atoms with Gasteiger partial charge >= 0.3 is 5.97 Å². The molecule has 1 saturated heterocycles. The van der Waals surface area contributed by atoms with Crippen LogP contribution >= 0.6 is 11.6 Å². The van der Waals surface area contributed by atoms with Gasteiger partial charge in [0.25, 0.3) is 0 Å². The van der Waals surface area contributed by atoms with Crippen molar-refractivity contribution in [1.29, 1.82) is 0 Å². The number of ether oxygens (including phenoxy) is 2. The summed E-state index contributed by atoms with van der Waals surface area (Å²) >= 11 is 6.18. The Morgan fingerprint density at radius 3 is 2.64 bits per heavy atom. The Hall–Kier alpha value is -0.280. The lowest BCUT2D eigenvalue weighted by Crippen LogP contribution is -2.47. The fourth-order valence-corrected chi connectivity index (χ4v) is 1.62. The predicted octanol–water partition coefficient (Wildman–Crippen LogP) is 2.32. The lowest BCUT2D eigenvalue weighted by Gasteiger charge is -2.39. The van der Waals surface area contributed by atoms with Crippen molar-refractivity contribution in [3.63, 3.8) is 0 Å². The van der Waals surface area contributed by atoms with Gasteiger partial charge in [-0.1, -0.05) is 13.8 Å². The number of esters is 1. The molecular weight excluding hydrogens is 204 g/mol. The summed E-state index contributed by atoms with van der Waals surface area (Å²) in [4.78, 5) is 11.3. The maximum Gasteiger partial charge on any atom is 0.308 e. The van der Waals surface area contributed by atoms with Crippen LogP contribution in [0.25, 0.3) is 0 Å². The van der Waals surface area contributed by atoms with Gasteiger partial charge in [-0.3, -0.25) is 4.79 Å². The molecule has 1 heterocycles. The molecule has 0 aromatic carbocycles. The minimum Gasteiger partial charge on any atom is -0.434 e. The normalized spacial score (nSPS) is 31.7. The van der Waals surface area contributed by atoms with Crippen LogP contribution in [0.15, 0.2) is 0 Å². The van der Waals surface area contributed by atoms with Crippen molar-refractivity contribution in [3.05, 3.63) is 0 Å². The number of rotatable bonds is 2. The lowest BCUT2D eigenvalue weighted by atomic mass is 9.83. The van der Waals surface area contributed by atoms with Crippen LogP contribution in [0.1, 0.15) is 34.1 Å². The largest absolute Gasteiger partial charge is 0.434 e. The average Bonchev–Trinajstić information content (AvgIpc) is 1.97. The third kappa shape index (κ3) is 2.61.